The van der Waals surface area contributed by atoms with E-state index < -0.39 is 11.9 Å². The number of fused-ring (bicyclic) bond motifs is 1. The third-order valence-corrected chi connectivity index (χ3v) is 5.02. The van der Waals surface area contributed by atoms with Gasteiger partial charge in [-0.1, -0.05) is 43.6 Å². The molecule has 0 amide bonds. The van der Waals surface area contributed by atoms with Crippen molar-refractivity contribution in [1.82, 2.24) is 29.8 Å². The van der Waals surface area contributed by atoms with E-state index in [-0.39, 0.29) is 5.69 Å². The van der Waals surface area contributed by atoms with Crippen molar-refractivity contribution < 1.29 is 13.2 Å². The molecule has 0 aliphatic rings. The lowest BCUT2D eigenvalue weighted by Crippen LogP contribution is -2.12. The van der Waals surface area contributed by atoms with E-state index in [4.69, 9.17) is 11.6 Å². The van der Waals surface area contributed by atoms with Crippen molar-refractivity contribution in [3.8, 4) is 22.3 Å². The predicted octanol–water partition coefficient (Wildman–Crippen LogP) is 6.24. The fourth-order valence-electron chi connectivity index (χ4n) is 3.15. The molecular weight excluding hydrogens is 493 g/mol. The van der Waals surface area contributed by atoms with Crippen molar-refractivity contribution in [2.75, 3.05) is 0 Å². The Bertz CT molecular complexity index is 1460. The summed E-state index contributed by atoms with van der Waals surface area (Å²) < 4.78 is 36.8. The Morgan fingerprint density at radius 2 is 1.58 bits per heavy atom. The number of benzene rings is 1. The standard InChI is InChI=1S/C16H10ClN5O.C7H6F3N.C2H6/c17-12-3-1-10(2-4-12)13-9-19-22-15(20-21-16(22)23)14(13)11-5-7-18-8-6-11;1-5-2-3-6(11-4-5)7(8,9)10;1-2/h1-9H,(H,21,23);2-4H,1H3;1-2H3. The first-order chi connectivity index (χ1) is 17.2. The van der Waals surface area contributed by atoms with Crippen molar-refractivity contribution in [3.05, 3.63) is 100 Å². The van der Waals surface area contributed by atoms with Crippen LogP contribution in [0.4, 0.5) is 13.2 Å². The van der Waals surface area contributed by atoms with Gasteiger partial charge in [0.15, 0.2) is 5.65 Å². The second-order valence-corrected chi connectivity index (χ2v) is 7.60. The molecular formula is C25H22ClF3N6O. The second kappa shape index (κ2) is 11.6. The second-order valence-electron chi connectivity index (χ2n) is 7.16. The molecule has 0 bridgehead atoms. The van der Waals surface area contributed by atoms with E-state index in [9.17, 15) is 18.0 Å². The van der Waals surface area contributed by atoms with Gasteiger partial charge in [0, 0.05) is 34.7 Å². The lowest BCUT2D eigenvalue weighted by Gasteiger charge is -2.10. The summed E-state index contributed by atoms with van der Waals surface area (Å²) in [5.41, 5.74) is 3.47. The van der Waals surface area contributed by atoms with Gasteiger partial charge < -0.3 is 0 Å². The van der Waals surface area contributed by atoms with Crippen LogP contribution in [0.2, 0.25) is 5.02 Å². The number of H-pyrrole nitrogens is 1. The minimum Gasteiger partial charge on any atom is -0.265 e. The first kappa shape index (κ1) is 26.6. The maximum atomic E-state index is 11.9. The highest BCUT2D eigenvalue weighted by molar-refractivity contribution is 6.30. The van der Waals surface area contributed by atoms with E-state index in [1.54, 1.807) is 25.5 Å². The van der Waals surface area contributed by atoms with Gasteiger partial charge in [-0.15, -0.1) is 0 Å². The minimum atomic E-state index is -4.33. The minimum absolute atomic E-state index is 0.377. The number of alkyl halides is 3. The summed E-state index contributed by atoms with van der Waals surface area (Å²) in [5, 5.41) is 11.4. The molecule has 5 aromatic rings. The van der Waals surface area contributed by atoms with Gasteiger partial charge in [0.1, 0.15) is 5.69 Å². The Kier molecular flexibility index (Phi) is 8.55. The molecule has 7 nitrogen and oxygen atoms in total. The number of hydrogen-bond acceptors (Lipinski definition) is 5. The van der Waals surface area contributed by atoms with Crippen LogP contribution in [0, 0.1) is 6.92 Å². The lowest BCUT2D eigenvalue weighted by atomic mass is 9.98. The quantitative estimate of drug-likeness (QED) is 0.301. The molecule has 0 saturated heterocycles. The Morgan fingerprint density at radius 3 is 2.17 bits per heavy atom. The predicted molar refractivity (Wildman–Crippen MR) is 133 cm³/mol. The molecule has 0 aliphatic carbocycles. The molecule has 4 heterocycles. The topological polar surface area (TPSA) is 88.8 Å². The molecule has 0 unspecified atom stereocenters. The summed E-state index contributed by atoms with van der Waals surface area (Å²) in [6.07, 6.45) is 1.92. The average Bonchev–Trinajstić information content (AvgIpc) is 3.26. The number of aryl methyl sites for hydroxylation is 1. The number of nitrogens with zero attached hydrogens (tertiary/aromatic N) is 5. The molecule has 1 aromatic carbocycles. The van der Waals surface area contributed by atoms with Crippen LogP contribution in [-0.2, 0) is 6.18 Å². The summed E-state index contributed by atoms with van der Waals surface area (Å²) in [5.74, 6) is 0. The highest BCUT2D eigenvalue weighted by atomic mass is 35.5. The van der Waals surface area contributed by atoms with Gasteiger partial charge in [0.25, 0.3) is 0 Å². The van der Waals surface area contributed by atoms with Crippen LogP contribution in [0.25, 0.3) is 27.9 Å². The highest BCUT2D eigenvalue weighted by Gasteiger charge is 2.31. The maximum absolute atomic E-state index is 11.9. The van der Waals surface area contributed by atoms with Crippen LogP contribution >= 0.6 is 11.6 Å². The fraction of sp³-hybridized carbons (Fsp3) is 0.160. The largest absolute Gasteiger partial charge is 0.433 e. The van der Waals surface area contributed by atoms with Crippen LogP contribution in [0.1, 0.15) is 25.1 Å². The zero-order valence-corrected chi connectivity index (χ0v) is 20.3. The first-order valence-electron chi connectivity index (χ1n) is 10.9. The first-order valence-corrected chi connectivity index (χ1v) is 11.2. The number of nitrogens with one attached hydrogen (secondary N) is 1. The number of pyridine rings is 2. The van der Waals surface area contributed by atoms with E-state index in [1.165, 1.54) is 16.8 Å². The van der Waals surface area contributed by atoms with Crippen molar-refractivity contribution in [2.24, 2.45) is 0 Å². The fourth-order valence-corrected chi connectivity index (χ4v) is 3.27. The van der Waals surface area contributed by atoms with Crippen LogP contribution in [0.3, 0.4) is 0 Å². The van der Waals surface area contributed by atoms with E-state index in [0.717, 1.165) is 33.9 Å². The van der Waals surface area contributed by atoms with Crippen LogP contribution in [-0.4, -0.2) is 29.8 Å². The van der Waals surface area contributed by atoms with Crippen molar-refractivity contribution in [2.45, 2.75) is 26.9 Å². The summed E-state index contributed by atoms with van der Waals surface area (Å²) >= 11 is 5.97. The molecule has 0 saturated carbocycles. The summed E-state index contributed by atoms with van der Waals surface area (Å²) in [6.45, 7) is 5.69. The summed E-state index contributed by atoms with van der Waals surface area (Å²) in [6, 6.07) is 13.5. The molecule has 186 valence electrons. The van der Waals surface area contributed by atoms with E-state index in [0.29, 0.717) is 10.7 Å². The summed E-state index contributed by atoms with van der Waals surface area (Å²) in [7, 11) is 0. The third kappa shape index (κ3) is 6.14. The van der Waals surface area contributed by atoms with Gasteiger partial charge in [-0.05, 0) is 53.9 Å². The SMILES string of the molecule is CC.Cc1ccc(C(F)(F)F)nc1.O=c1[nH]nc2c(-c3ccncc3)c(-c3ccc(Cl)cc3)cnn12. The molecule has 0 aliphatic heterocycles. The molecule has 0 radical (unpaired) electrons. The molecule has 36 heavy (non-hydrogen) atoms. The van der Waals surface area contributed by atoms with Gasteiger partial charge in [0.2, 0.25) is 0 Å². The molecule has 0 fully saturated rings. The highest BCUT2D eigenvalue weighted by Crippen LogP contribution is 2.33. The number of halogens is 4. The van der Waals surface area contributed by atoms with Gasteiger partial charge in [-0.25, -0.2) is 9.89 Å². The van der Waals surface area contributed by atoms with Crippen LogP contribution in [0.5, 0.6) is 0 Å². The number of aromatic nitrogens is 6. The number of rotatable bonds is 2. The molecule has 0 atom stereocenters. The van der Waals surface area contributed by atoms with Crippen molar-refractivity contribution in [3.63, 3.8) is 0 Å². The van der Waals surface area contributed by atoms with Crippen molar-refractivity contribution >= 4 is 17.2 Å². The van der Waals surface area contributed by atoms with Gasteiger partial charge in [-0.3, -0.25) is 9.97 Å². The van der Waals surface area contributed by atoms with Crippen molar-refractivity contribution in [1.29, 1.82) is 0 Å². The Hall–Kier alpha value is -4.05. The zero-order chi connectivity index (χ0) is 26.3. The lowest BCUT2D eigenvalue weighted by molar-refractivity contribution is -0.141. The van der Waals surface area contributed by atoms with Crippen LogP contribution in [0.15, 0.2) is 78.1 Å². The Labute approximate surface area is 209 Å². The van der Waals surface area contributed by atoms with E-state index in [1.807, 2.05) is 50.2 Å². The number of aromatic amines is 1. The Balaban J connectivity index is 0.000000235. The molecule has 5 rings (SSSR count). The monoisotopic (exact) mass is 514 g/mol. The average molecular weight is 515 g/mol. The molecule has 4 aromatic heterocycles. The van der Waals surface area contributed by atoms with Gasteiger partial charge in [0.05, 0.1) is 6.20 Å². The van der Waals surface area contributed by atoms with E-state index >= 15 is 0 Å². The normalized spacial score (nSPS) is 10.8. The van der Waals surface area contributed by atoms with Crippen LogP contribution < -0.4 is 5.69 Å². The zero-order valence-electron chi connectivity index (χ0n) is 19.6. The molecule has 0 spiro atoms. The van der Waals surface area contributed by atoms with E-state index in [2.05, 4.69) is 25.3 Å². The number of hydrogen-bond donors (Lipinski definition) is 1. The molecule has 11 heteroatoms. The Morgan fingerprint density at radius 1 is 0.917 bits per heavy atom. The smallest absolute Gasteiger partial charge is 0.265 e. The van der Waals surface area contributed by atoms with Gasteiger partial charge >= 0.3 is 11.9 Å². The third-order valence-electron chi connectivity index (χ3n) is 4.77. The summed E-state index contributed by atoms with van der Waals surface area (Å²) in [4.78, 5) is 19.1. The molecule has 1 N–H and O–H groups in total. The maximum Gasteiger partial charge on any atom is 0.433 e. The van der Waals surface area contributed by atoms with Gasteiger partial charge in [-0.2, -0.15) is 27.9 Å².